The first kappa shape index (κ1) is 20.2. The van der Waals surface area contributed by atoms with E-state index in [1.807, 2.05) is 30.3 Å². The van der Waals surface area contributed by atoms with E-state index in [1.54, 1.807) is 18.6 Å². The minimum atomic E-state index is -0.431. The molecule has 1 aromatic carbocycles. The molecule has 3 aromatic rings. The first-order valence-electron chi connectivity index (χ1n) is 10.5. The van der Waals surface area contributed by atoms with Crippen molar-refractivity contribution in [1.82, 2.24) is 15.3 Å². The van der Waals surface area contributed by atoms with Gasteiger partial charge in [-0.1, -0.05) is 30.3 Å². The molecular weight excluding hydrogens is 374 g/mol. The van der Waals surface area contributed by atoms with E-state index in [2.05, 4.69) is 39.6 Å². The normalized spacial score (nSPS) is 15.5. The number of rotatable bonds is 7. The summed E-state index contributed by atoms with van der Waals surface area (Å²) in [6.07, 6.45) is 8.31. The molecule has 30 heavy (non-hydrogen) atoms. The van der Waals surface area contributed by atoms with E-state index in [-0.39, 0.29) is 5.91 Å². The smallest absolute Gasteiger partial charge is 0.226 e. The molecule has 0 atom stereocenters. The van der Waals surface area contributed by atoms with Gasteiger partial charge < -0.3 is 10.1 Å². The maximum absolute atomic E-state index is 13.3. The monoisotopic (exact) mass is 401 g/mol. The molecule has 0 bridgehead atoms. The Labute approximate surface area is 177 Å². The summed E-state index contributed by atoms with van der Waals surface area (Å²) in [7, 11) is 0. The van der Waals surface area contributed by atoms with Crippen LogP contribution in [0.15, 0.2) is 73.2 Å². The van der Waals surface area contributed by atoms with E-state index in [0.717, 1.165) is 36.1 Å². The number of benzene rings is 1. The van der Waals surface area contributed by atoms with Gasteiger partial charge in [-0.2, -0.15) is 0 Å². The van der Waals surface area contributed by atoms with Crippen molar-refractivity contribution >= 4 is 5.91 Å². The Hall–Kier alpha value is -3.05. The number of carbonyl (C=O) groups excluding carboxylic acids is 1. The third kappa shape index (κ3) is 4.92. The maximum atomic E-state index is 13.3. The van der Waals surface area contributed by atoms with E-state index in [0.29, 0.717) is 26.2 Å². The fraction of sp³-hybridized carbons (Fsp3) is 0.320. The number of ether oxygens (including phenoxy) is 1. The molecule has 0 aliphatic carbocycles. The molecule has 0 saturated carbocycles. The Kier molecular flexibility index (Phi) is 6.50. The van der Waals surface area contributed by atoms with Gasteiger partial charge in [0.1, 0.15) is 0 Å². The van der Waals surface area contributed by atoms with Gasteiger partial charge in [-0.3, -0.25) is 14.8 Å². The highest BCUT2D eigenvalue weighted by Crippen LogP contribution is 2.35. The Balaban J connectivity index is 1.47. The predicted octanol–water partition coefficient (Wildman–Crippen LogP) is 3.84. The van der Waals surface area contributed by atoms with Crippen molar-refractivity contribution in [3.05, 3.63) is 84.4 Å². The van der Waals surface area contributed by atoms with Crippen LogP contribution < -0.4 is 5.32 Å². The third-order valence-electron chi connectivity index (χ3n) is 5.81. The van der Waals surface area contributed by atoms with E-state index in [1.165, 1.54) is 5.56 Å². The summed E-state index contributed by atoms with van der Waals surface area (Å²) in [5.74, 6) is 0.121. The van der Waals surface area contributed by atoms with Crippen molar-refractivity contribution < 1.29 is 9.53 Å². The largest absolute Gasteiger partial charge is 0.381 e. The van der Waals surface area contributed by atoms with Crippen LogP contribution in [0.2, 0.25) is 0 Å². The lowest BCUT2D eigenvalue weighted by atomic mass is 9.74. The van der Waals surface area contributed by atoms with Crippen molar-refractivity contribution in [1.29, 1.82) is 0 Å². The molecule has 0 unspecified atom stereocenters. The fourth-order valence-electron chi connectivity index (χ4n) is 4.08. The molecule has 2 aromatic heterocycles. The van der Waals surface area contributed by atoms with Crippen LogP contribution in [0.3, 0.4) is 0 Å². The second-order valence-electron chi connectivity index (χ2n) is 7.83. The third-order valence-corrected chi connectivity index (χ3v) is 5.81. The number of aromatic nitrogens is 2. The Morgan fingerprint density at radius 3 is 2.57 bits per heavy atom. The van der Waals surface area contributed by atoms with Gasteiger partial charge in [0.2, 0.25) is 5.91 Å². The van der Waals surface area contributed by atoms with Crippen LogP contribution in [0, 0.1) is 5.41 Å². The number of carbonyl (C=O) groups is 1. The van der Waals surface area contributed by atoms with Gasteiger partial charge in [0.25, 0.3) is 0 Å². The van der Waals surface area contributed by atoms with Gasteiger partial charge in [-0.25, -0.2) is 0 Å². The topological polar surface area (TPSA) is 64.1 Å². The molecule has 4 rings (SSSR count). The molecule has 1 amide bonds. The maximum Gasteiger partial charge on any atom is 0.226 e. The zero-order chi connectivity index (χ0) is 20.7. The number of amides is 1. The molecule has 154 valence electrons. The van der Waals surface area contributed by atoms with Crippen molar-refractivity contribution in [2.75, 3.05) is 19.8 Å². The van der Waals surface area contributed by atoms with Crippen molar-refractivity contribution in [3.8, 4) is 11.1 Å². The molecule has 5 heteroatoms. The Morgan fingerprint density at radius 1 is 0.967 bits per heavy atom. The average molecular weight is 402 g/mol. The van der Waals surface area contributed by atoms with Gasteiger partial charge in [-0.05, 0) is 60.2 Å². The minimum absolute atomic E-state index is 0.121. The lowest BCUT2D eigenvalue weighted by Crippen LogP contribution is -2.46. The molecule has 1 aliphatic rings. The SMILES string of the molecule is O=C(NCCc1ccccn1)C1(Cc2cccc(-c3ccncc3)c2)CCOCC1. The number of hydrogen-bond donors (Lipinski definition) is 1. The molecular formula is C25H27N3O2. The highest BCUT2D eigenvalue weighted by molar-refractivity contribution is 5.83. The van der Waals surface area contributed by atoms with Crippen LogP contribution in [0.1, 0.15) is 24.1 Å². The number of nitrogens with one attached hydrogen (secondary N) is 1. The van der Waals surface area contributed by atoms with E-state index in [4.69, 9.17) is 4.74 Å². The zero-order valence-electron chi connectivity index (χ0n) is 17.1. The second-order valence-corrected chi connectivity index (χ2v) is 7.83. The standard InChI is InChI=1S/C25H27N3O2/c29-24(28-15-9-23-6-1-2-12-27-23)25(10-16-30-17-11-25)19-20-4-3-5-22(18-20)21-7-13-26-14-8-21/h1-8,12-14,18H,9-11,15-17,19H2,(H,28,29). The lowest BCUT2D eigenvalue weighted by Gasteiger charge is -2.36. The molecule has 1 saturated heterocycles. The summed E-state index contributed by atoms with van der Waals surface area (Å²) >= 11 is 0. The highest BCUT2D eigenvalue weighted by Gasteiger charge is 2.39. The van der Waals surface area contributed by atoms with Crippen LogP contribution in [0.25, 0.3) is 11.1 Å². The van der Waals surface area contributed by atoms with Crippen LogP contribution in [-0.4, -0.2) is 35.6 Å². The summed E-state index contributed by atoms with van der Waals surface area (Å²) in [6.45, 7) is 1.84. The number of hydrogen-bond acceptors (Lipinski definition) is 4. The van der Waals surface area contributed by atoms with Crippen LogP contribution >= 0.6 is 0 Å². The van der Waals surface area contributed by atoms with Gasteiger partial charge in [0.05, 0.1) is 5.41 Å². The molecule has 1 N–H and O–H groups in total. The molecule has 0 radical (unpaired) electrons. The van der Waals surface area contributed by atoms with Gasteiger partial charge in [0.15, 0.2) is 0 Å². The van der Waals surface area contributed by atoms with Crippen LogP contribution in [0.4, 0.5) is 0 Å². The average Bonchev–Trinajstić information content (AvgIpc) is 2.81. The zero-order valence-corrected chi connectivity index (χ0v) is 17.1. The van der Waals surface area contributed by atoms with Gasteiger partial charge in [0, 0.05) is 50.5 Å². The summed E-state index contributed by atoms with van der Waals surface area (Å²) in [5, 5.41) is 3.17. The molecule has 3 heterocycles. The van der Waals surface area contributed by atoms with Gasteiger partial charge in [-0.15, -0.1) is 0 Å². The molecule has 0 spiro atoms. The van der Waals surface area contributed by atoms with E-state index in [9.17, 15) is 4.79 Å². The van der Waals surface area contributed by atoms with E-state index >= 15 is 0 Å². The molecule has 1 aliphatic heterocycles. The Bertz CT molecular complexity index is 954. The lowest BCUT2D eigenvalue weighted by molar-refractivity contribution is -0.136. The van der Waals surface area contributed by atoms with Crippen molar-refractivity contribution in [2.24, 2.45) is 5.41 Å². The number of pyridine rings is 2. The predicted molar refractivity (Wildman–Crippen MR) is 117 cm³/mol. The minimum Gasteiger partial charge on any atom is -0.381 e. The first-order valence-corrected chi connectivity index (χ1v) is 10.5. The first-order chi connectivity index (χ1) is 14.8. The van der Waals surface area contributed by atoms with Crippen LogP contribution in [0.5, 0.6) is 0 Å². The van der Waals surface area contributed by atoms with E-state index < -0.39 is 5.41 Å². The quantitative estimate of drug-likeness (QED) is 0.653. The molecule has 5 nitrogen and oxygen atoms in total. The van der Waals surface area contributed by atoms with Gasteiger partial charge >= 0.3 is 0 Å². The van der Waals surface area contributed by atoms with Crippen molar-refractivity contribution in [2.45, 2.75) is 25.7 Å². The second kappa shape index (κ2) is 9.63. The van der Waals surface area contributed by atoms with Crippen molar-refractivity contribution in [3.63, 3.8) is 0 Å². The summed E-state index contributed by atoms with van der Waals surface area (Å²) in [5.41, 5.74) is 4.01. The number of nitrogens with zero attached hydrogens (tertiary/aromatic N) is 2. The van der Waals surface area contributed by atoms with Crippen LogP contribution in [-0.2, 0) is 22.4 Å². The highest BCUT2D eigenvalue weighted by atomic mass is 16.5. The summed E-state index contributed by atoms with van der Waals surface area (Å²) < 4.78 is 5.58. The summed E-state index contributed by atoms with van der Waals surface area (Å²) in [4.78, 5) is 21.7. The fourth-order valence-corrected chi connectivity index (χ4v) is 4.08. The molecule has 1 fully saturated rings. The summed E-state index contributed by atoms with van der Waals surface area (Å²) in [6, 6.07) is 18.3. The Morgan fingerprint density at radius 2 is 1.80 bits per heavy atom.